The van der Waals surface area contributed by atoms with Crippen LogP contribution in [0.5, 0.6) is 0 Å². The first kappa shape index (κ1) is 25.6. The molecule has 0 saturated carbocycles. The summed E-state index contributed by atoms with van der Waals surface area (Å²) in [6.45, 7) is 3.98. The molecule has 1 saturated heterocycles. The van der Waals surface area contributed by atoms with Crippen LogP contribution < -0.4 is 10.2 Å². The number of benzene rings is 4. The van der Waals surface area contributed by atoms with E-state index in [1.54, 1.807) is 0 Å². The van der Waals surface area contributed by atoms with Crippen molar-refractivity contribution >= 4 is 17.3 Å². The number of carbonyl (C=O) groups excluding carboxylic acids is 1. The van der Waals surface area contributed by atoms with Crippen LogP contribution in [0.25, 0.3) is 33.9 Å². The van der Waals surface area contributed by atoms with Gasteiger partial charge in [-0.2, -0.15) is 0 Å². The molecule has 6 nitrogen and oxygen atoms in total. The van der Waals surface area contributed by atoms with E-state index in [1.165, 1.54) is 5.69 Å². The molecule has 5 aromatic rings. The number of amides is 1. The minimum Gasteiger partial charge on any atom is -0.369 e. The van der Waals surface area contributed by atoms with E-state index < -0.39 is 0 Å². The van der Waals surface area contributed by atoms with Crippen molar-refractivity contribution in [2.45, 2.75) is 0 Å². The summed E-state index contributed by atoms with van der Waals surface area (Å²) >= 11 is 0. The SMILES string of the molecule is Cn1c(-c2ccc(NC(=O)CN3CCN(c4ccccc4)CC3)cc2)nc(-c2ccccc2)c1-c1ccccc1. The highest BCUT2D eigenvalue weighted by Crippen LogP contribution is 2.35. The second kappa shape index (κ2) is 11.6. The summed E-state index contributed by atoms with van der Waals surface area (Å²) in [6, 6.07) is 39.1. The van der Waals surface area contributed by atoms with Crippen molar-refractivity contribution in [1.29, 1.82) is 0 Å². The van der Waals surface area contributed by atoms with Crippen molar-refractivity contribution in [2.75, 3.05) is 42.9 Å². The van der Waals surface area contributed by atoms with Crippen LogP contribution in [0, 0.1) is 0 Å². The van der Waals surface area contributed by atoms with E-state index in [2.05, 4.69) is 87.4 Å². The van der Waals surface area contributed by atoms with Crippen LogP contribution in [0.15, 0.2) is 115 Å². The predicted octanol–water partition coefficient (Wildman–Crippen LogP) is 6.18. The first-order valence-corrected chi connectivity index (χ1v) is 13.8. The molecule has 4 aromatic carbocycles. The summed E-state index contributed by atoms with van der Waals surface area (Å²) in [4.78, 5) is 22.5. The largest absolute Gasteiger partial charge is 0.369 e. The molecule has 0 unspecified atom stereocenters. The summed E-state index contributed by atoms with van der Waals surface area (Å²) in [6.07, 6.45) is 0. The van der Waals surface area contributed by atoms with Gasteiger partial charge < -0.3 is 14.8 Å². The molecule has 1 aliphatic heterocycles. The number of anilines is 2. The number of carbonyl (C=O) groups is 1. The number of aromatic nitrogens is 2. The lowest BCUT2D eigenvalue weighted by atomic mass is 10.1. The maximum atomic E-state index is 12.8. The Kier molecular flexibility index (Phi) is 7.42. The maximum absolute atomic E-state index is 12.8. The first-order valence-electron chi connectivity index (χ1n) is 13.8. The molecule has 1 N–H and O–H groups in total. The van der Waals surface area contributed by atoms with E-state index in [4.69, 9.17) is 4.98 Å². The van der Waals surface area contributed by atoms with E-state index in [-0.39, 0.29) is 5.91 Å². The summed E-state index contributed by atoms with van der Waals surface area (Å²) in [7, 11) is 2.06. The number of piperazine rings is 1. The van der Waals surface area contributed by atoms with Crippen LogP contribution in [-0.4, -0.2) is 53.1 Å². The quantitative estimate of drug-likeness (QED) is 0.275. The van der Waals surface area contributed by atoms with Gasteiger partial charge in [-0.15, -0.1) is 0 Å². The fraction of sp³-hybridized carbons (Fsp3) is 0.176. The minimum absolute atomic E-state index is 0.00984. The molecule has 1 fully saturated rings. The number of hydrogen-bond donors (Lipinski definition) is 1. The van der Waals surface area contributed by atoms with Gasteiger partial charge in [-0.3, -0.25) is 9.69 Å². The summed E-state index contributed by atoms with van der Waals surface area (Å²) in [5, 5.41) is 3.07. The third-order valence-electron chi connectivity index (χ3n) is 7.48. The molecule has 2 heterocycles. The Balaban J connectivity index is 1.14. The van der Waals surface area contributed by atoms with Crippen molar-refractivity contribution in [1.82, 2.24) is 14.5 Å². The normalized spacial score (nSPS) is 13.8. The van der Waals surface area contributed by atoms with Crippen LogP contribution in [0.2, 0.25) is 0 Å². The Bertz CT molecular complexity index is 1560. The Hall–Kier alpha value is -4.68. The molecule has 1 aromatic heterocycles. The lowest BCUT2D eigenvalue weighted by molar-refractivity contribution is -0.117. The number of hydrogen-bond acceptors (Lipinski definition) is 4. The molecule has 6 heteroatoms. The number of nitrogens with one attached hydrogen (secondary N) is 1. The number of nitrogens with zero attached hydrogens (tertiary/aromatic N) is 4. The molecule has 0 bridgehead atoms. The van der Waals surface area contributed by atoms with E-state index in [9.17, 15) is 4.79 Å². The first-order chi connectivity index (χ1) is 19.7. The number of para-hydroxylation sites is 1. The Morgan fingerprint density at radius 1 is 0.700 bits per heavy atom. The van der Waals surface area contributed by atoms with Crippen molar-refractivity contribution in [2.24, 2.45) is 7.05 Å². The van der Waals surface area contributed by atoms with Gasteiger partial charge in [-0.25, -0.2) is 4.98 Å². The van der Waals surface area contributed by atoms with Gasteiger partial charge in [-0.1, -0.05) is 78.9 Å². The van der Waals surface area contributed by atoms with Crippen LogP contribution >= 0.6 is 0 Å². The lowest BCUT2D eigenvalue weighted by Gasteiger charge is -2.35. The minimum atomic E-state index is 0.00984. The van der Waals surface area contributed by atoms with Gasteiger partial charge in [0.2, 0.25) is 5.91 Å². The van der Waals surface area contributed by atoms with E-state index in [0.717, 1.165) is 65.8 Å². The molecule has 40 heavy (non-hydrogen) atoms. The summed E-state index contributed by atoms with van der Waals surface area (Å²) in [5.74, 6) is 0.891. The average Bonchev–Trinajstić information content (AvgIpc) is 3.36. The highest BCUT2D eigenvalue weighted by molar-refractivity contribution is 5.92. The summed E-state index contributed by atoms with van der Waals surface area (Å²) < 4.78 is 2.15. The Labute approximate surface area is 235 Å². The molecular weight excluding hydrogens is 494 g/mol. The number of imidazole rings is 1. The maximum Gasteiger partial charge on any atom is 0.238 e. The van der Waals surface area contributed by atoms with Crippen LogP contribution in [-0.2, 0) is 11.8 Å². The fourth-order valence-corrected chi connectivity index (χ4v) is 5.39. The highest BCUT2D eigenvalue weighted by atomic mass is 16.2. The highest BCUT2D eigenvalue weighted by Gasteiger charge is 2.20. The van der Waals surface area contributed by atoms with Crippen molar-refractivity contribution in [3.05, 3.63) is 115 Å². The zero-order valence-corrected chi connectivity index (χ0v) is 22.7. The lowest BCUT2D eigenvalue weighted by Crippen LogP contribution is -2.48. The molecule has 0 spiro atoms. The molecule has 0 aliphatic carbocycles. The number of rotatable bonds is 7. The van der Waals surface area contributed by atoms with E-state index >= 15 is 0 Å². The third-order valence-corrected chi connectivity index (χ3v) is 7.48. The van der Waals surface area contributed by atoms with Crippen molar-refractivity contribution in [3.8, 4) is 33.9 Å². The zero-order valence-electron chi connectivity index (χ0n) is 22.7. The van der Waals surface area contributed by atoms with Crippen molar-refractivity contribution < 1.29 is 4.79 Å². The Morgan fingerprint density at radius 3 is 1.90 bits per heavy atom. The van der Waals surface area contributed by atoms with E-state index in [0.29, 0.717) is 6.54 Å². The zero-order chi connectivity index (χ0) is 27.3. The Morgan fingerprint density at radius 2 is 1.27 bits per heavy atom. The second-order valence-corrected chi connectivity index (χ2v) is 10.1. The average molecular weight is 528 g/mol. The van der Waals surface area contributed by atoms with Gasteiger partial charge >= 0.3 is 0 Å². The molecule has 1 amide bonds. The predicted molar refractivity (Wildman–Crippen MR) is 163 cm³/mol. The molecular formula is C34H33N5O. The smallest absolute Gasteiger partial charge is 0.238 e. The monoisotopic (exact) mass is 527 g/mol. The van der Waals surface area contributed by atoms with Crippen LogP contribution in [0.4, 0.5) is 11.4 Å². The van der Waals surface area contributed by atoms with Gasteiger partial charge in [0.25, 0.3) is 0 Å². The second-order valence-electron chi connectivity index (χ2n) is 10.1. The van der Waals surface area contributed by atoms with Gasteiger partial charge in [0.15, 0.2) is 0 Å². The van der Waals surface area contributed by atoms with Gasteiger partial charge in [0, 0.05) is 61.3 Å². The van der Waals surface area contributed by atoms with E-state index in [1.807, 2.05) is 54.6 Å². The van der Waals surface area contributed by atoms with Crippen LogP contribution in [0.3, 0.4) is 0 Å². The van der Waals surface area contributed by atoms with Gasteiger partial charge in [-0.05, 0) is 36.4 Å². The topological polar surface area (TPSA) is 53.4 Å². The molecule has 0 atom stereocenters. The molecule has 0 radical (unpaired) electrons. The fourth-order valence-electron chi connectivity index (χ4n) is 5.39. The standard InChI is InChI=1S/C34H33N5O/c1-37-33(27-13-7-3-8-14-27)32(26-11-5-2-6-12-26)36-34(37)28-17-19-29(20-18-28)35-31(40)25-38-21-23-39(24-22-38)30-15-9-4-10-16-30/h2-20H,21-25H2,1H3,(H,35,40). The molecule has 200 valence electrons. The van der Waals surface area contributed by atoms with Crippen molar-refractivity contribution in [3.63, 3.8) is 0 Å². The van der Waals surface area contributed by atoms with Gasteiger partial charge in [0.1, 0.15) is 5.82 Å². The molecule has 6 rings (SSSR count). The molecule has 1 aliphatic rings. The third kappa shape index (κ3) is 5.53. The van der Waals surface area contributed by atoms with Gasteiger partial charge in [0.05, 0.1) is 17.9 Å². The summed E-state index contributed by atoms with van der Waals surface area (Å²) in [5.41, 5.74) is 7.26. The van der Waals surface area contributed by atoms with Crippen LogP contribution in [0.1, 0.15) is 0 Å².